The summed E-state index contributed by atoms with van der Waals surface area (Å²) in [6, 6.07) is 7.91. The SMILES string of the molecule is COc1c2c(cc3c1[C@H](/C=C(/NO)c1ccc(F)cc1)[NH+](C)CC3)OCO2. The lowest BCUT2D eigenvalue weighted by Gasteiger charge is -2.31. The summed E-state index contributed by atoms with van der Waals surface area (Å²) in [7, 11) is 3.71. The maximum absolute atomic E-state index is 13.2. The van der Waals surface area contributed by atoms with Crippen LogP contribution in [-0.2, 0) is 6.42 Å². The molecule has 27 heavy (non-hydrogen) atoms. The summed E-state index contributed by atoms with van der Waals surface area (Å²) in [5.41, 5.74) is 5.61. The zero-order chi connectivity index (χ0) is 19.0. The molecule has 0 aromatic heterocycles. The van der Waals surface area contributed by atoms with Gasteiger partial charge in [0.25, 0.3) is 0 Å². The highest BCUT2D eigenvalue weighted by molar-refractivity contribution is 5.66. The molecule has 2 aliphatic rings. The molecule has 2 aromatic rings. The van der Waals surface area contributed by atoms with Gasteiger partial charge < -0.3 is 19.1 Å². The third kappa shape index (κ3) is 3.09. The van der Waals surface area contributed by atoms with E-state index in [0.29, 0.717) is 28.5 Å². The monoisotopic (exact) mass is 373 g/mol. The number of benzene rings is 2. The van der Waals surface area contributed by atoms with Crippen LogP contribution in [0.3, 0.4) is 0 Å². The Labute approximate surface area is 156 Å². The summed E-state index contributed by atoms with van der Waals surface area (Å²) in [4.78, 5) is 1.24. The van der Waals surface area contributed by atoms with Crippen LogP contribution in [0.4, 0.5) is 4.39 Å². The van der Waals surface area contributed by atoms with Crippen molar-refractivity contribution in [1.82, 2.24) is 5.48 Å². The molecule has 4 rings (SSSR count). The van der Waals surface area contributed by atoms with Crippen molar-refractivity contribution in [2.45, 2.75) is 12.5 Å². The fraction of sp³-hybridized carbons (Fsp3) is 0.300. The van der Waals surface area contributed by atoms with E-state index in [0.717, 1.165) is 24.1 Å². The van der Waals surface area contributed by atoms with Gasteiger partial charge in [-0.2, -0.15) is 0 Å². The standard InChI is InChI=1S/C20H21FN2O4/c1-23-8-7-13-9-17-19(27-11-26-17)20(25-2)18(13)16(23)10-15(22-24)12-3-5-14(21)6-4-12/h3-6,9-10,16,22,24H,7-8,11H2,1-2H3/p+1/b15-10+/t16-/m0/s1. The van der Waals surface area contributed by atoms with Crippen molar-refractivity contribution >= 4 is 5.70 Å². The largest absolute Gasteiger partial charge is 0.492 e. The molecule has 2 aliphatic heterocycles. The number of fused-ring (bicyclic) bond motifs is 2. The molecule has 0 aliphatic carbocycles. The number of ether oxygens (including phenoxy) is 3. The average Bonchev–Trinajstić information content (AvgIpc) is 3.15. The van der Waals surface area contributed by atoms with Crippen LogP contribution in [0, 0.1) is 5.82 Å². The molecule has 0 saturated carbocycles. The number of hydrogen-bond donors (Lipinski definition) is 3. The van der Waals surface area contributed by atoms with Gasteiger partial charge in [0.1, 0.15) is 11.9 Å². The smallest absolute Gasteiger partial charge is 0.231 e. The van der Waals surface area contributed by atoms with E-state index in [1.54, 1.807) is 19.2 Å². The third-order valence-electron chi connectivity index (χ3n) is 5.19. The summed E-state index contributed by atoms with van der Waals surface area (Å²) in [6.45, 7) is 1.09. The highest BCUT2D eigenvalue weighted by Crippen LogP contribution is 2.47. The van der Waals surface area contributed by atoms with Crippen molar-refractivity contribution in [3.8, 4) is 17.2 Å². The van der Waals surface area contributed by atoms with E-state index in [2.05, 4.69) is 12.5 Å². The van der Waals surface area contributed by atoms with Gasteiger partial charge in [-0.1, -0.05) is 0 Å². The Morgan fingerprint density at radius 2 is 2.11 bits per heavy atom. The number of quaternary nitrogens is 1. The Balaban J connectivity index is 1.83. The van der Waals surface area contributed by atoms with E-state index in [-0.39, 0.29) is 18.7 Å². The number of nitrogens with one attached hydrogen (secondary N) is 2. The van der Waals surface area contributed by atoms with Crippen molar-refractivity contribution in [2.75, 3.05) is 27.5 Å². The Kier molecular flexibility index (Phi) is 4.63. The van der Waals surface area contributed by atoms with E-state index in [1.807, 2.05) is 12.1 Å². The molecule has 0 fully saturated rings. The second kappa shape index (κ2) is 7.09. The van der Waals surface area contributed by atoms with E-state index in [4.69, 9.17) is 14.2 Å². The molecular formula is C20H22FN2O4+. The number of hydrogen-bond acceptors (Lipinski definition) is 5. The van der Waals surface area contributed by atoms with Crippen LogP contribution < -0.4 is 24.6 Å². The van der Waals surface area contributed by atoms with E-state index < -0.39 is 0 Å². The first-order valence-electron chi connectivity index (χ1n) is 8.82. The zero-order valence-electron chi connectivity index (χ0n) is 15.2. The van der Waals surface area contributed by atoms with Crippen molar-refractivity contribution in [3.05, 3.63) is 58.9 Å². The fourth-order valence-electron chi connectivity index (χ4n) is 3.78. The summed E-state index contributed by atoms with van der Waals surface area (Å²) < 4.78 is 30.1. The molecular weight excluding hydrogens is 351 g/mol. The van der Waals surface area contributed by atoms with Crippen LogP contribution in [0.1, 0.15) is 22.7 Å². The lowest BCUT2D eigenvalue weighted by Crippen LogP contribution is -3.10. The molecule has 7 heteroatoms. The Morgan fingerprint density at radius 1 is 1.33 bits per heavy atom. The Bertz CT molecular complexity index is 883. The number of halogens is 1. The second-order valence-electron chi connectivity index (χ2n) is 6.74. The van der Waals surface area contributed by atoms with E-state index in [9.17, 15) is 9.60 Å². The lowest BCUT2D eigenvalue weighted by molar-refractivity contribution is -0.907. The molecule has 0 amide bonds. The minimum atomic E-state index is -0.323. The fourth-order valence-corrected chi connectivity index (χ4v) is 3.78. The molecule has 1 unspecified atom stereocenters. The van der Waals surface area contributed by atoms with Crippen molar-refractivity contribution < 1.29 is 28.7 Å². The normalized spacial score (nSPS) is 21.0. The summed E-state index contributed by atoms with van der Waals surface area (Å²) >= 11 is 0. The van der Waals surface area contributed by atoms with E-state index >= 15 is 0 Å². The van der Waals surface area contributed by atoms with Gasteiger partial charge in [-0.3, -0.25) is 10.7 Å². The van der Waals surface area contributed by atoms with Crippen LogP contribution in [0.2, 0.25) is 0 Å². The first-order valence-corrected chi connectivity index (χ1v) is 8.82. The van der Waals surface area contributed by atoms with Crippen molar-refractivity contribution in [1.29, 1.82) is 0 Å². The quantitative estimate of drug-likeness (QED) is 0.712. The van der Waals surface area contributed by atoms with Gasteiger partial charge in [-0.15, -0.1) is 0 Å². The molecule has 2 heterocycles. The van der Waals surface area contributed by atoms with Gasteiger partial charge in [-0.25, -0.2) is 4.39 Å². The second-order valence-corrected chi connectivity index (χ2v) is 6.74. The predicted octanol–water partition coefficient (Wildman–Crippen LogP) is 1.69. The maximum Gasteiger partial charge on any atom is 0.231 e. The topological polar surface area (TPSA) is 64.4 Å². The van der Waals surface area contributed by atoms with Gasteiger partial charge in [0.05, 0.1) is 32.0 Å². The summed E-state index contributed by atoms with van der Waals surface area (Å²) in [6.07, 6.45) is 2.82. The van der Waals surface area contributed by atoms with Gasteiger partial charge >= 0.3 is 0 Å². The first kappa shape index (κ1) is 17.6. The first-order chi connectivity index (χ1) is 13.1. The molecule has 3 N–H and O–H groups in total. The minimum absolute atomic E-state index is 0.0853. The molecule has 2 atom stereocenters. The van der Waals surface area contributed by atoms with Gasteiger partial charge in [-0.05, 0) is 41.5 Å². The molecule has 0 spiro atoms. The molecule has 0 radical (unpaired) electrons. The maximum atomic E-state index is 13.2. The van der Waals surface area contributed by atoms with Crippen LogP contribution in [0.25, 0.3) is 5.70 Å². The Morgan fingerprint density at radius 3 is 2.81 bits per heavy atom. The summed E-state index contributed by atoms with van der Waals surface area (Å²) in [5.74, 6) is 1.66. The van der Waals surface area contributed by atoms with Gasteiger partial charge in [0.2, 0.25) is 12.5 Å². The van der Waals surface area contributed by atoms with E-state index in [1.165, 1.54) is 17.0 Å². The minimum Gasteiger partial charge on any atom is -0.492 e. The molecule has 0 bridgehead atoms. The molecule has 0 saturated heterocycles. The number of rotatable bonds is 4. The highest BCUT2D eigenvalue weighted by Gasteiger charge is 2.35. The van der Waals surface area contributed by atoms with Gasteiger partial charge in [0.15, 0.2) is 11.5 Å². The lowest BCUT2D eigenvalue weighted by atomic mass is 9.90. The van der Waals surface area contributed by atoms with Crippen molar-refractivity contribution in [3.63, 3.8) is 0 Å². The van der Waals surface area contributed by atoms with Gasteiger partial charge in [0, 0.05) is 12.5 Å². The predicted molar refractivity (Wildman–Crippen MR) is 96.6 cm³/mol. The highest BCUT2D eigenvalue weighted by atomic mass is 19.1. The van der Waals surface area contributed by atoms with Crippen LogP contribution in [-0.4, -0.2) is 32.7 Å². The number of methoxy groups -OCH3 is 1. The van der Waals surface area contributed by atoms with Crippen LogP contribution in [0.5, 0.6) is 17.2 Å². The molecule has 2 aromatic carbocycles. The Hall–Kier alpha value is -2.77. The number of likely N-dealkylation sites (N-methyl/N-ethyl adjacent to an activating group) is 1. The molecule has 142 valence electrons. The summed E-state index contributed by atoms with van der Waals surface area (Å²) in [5, 5.41) is 9.70. The van der Waals surface area contributed by atoms with Crippen molar-refractivity contribution in [2.24, 2.45) is 0 Å². The van der Waals surface area contributed by atoms with Crippen LogP contribution >= 0.6 is 0 Å². The number of hydroxylamine groups is 1. The zero-order valence-corrected chi connectivity index (χ0v) is 15.2. The average molecular weight is 373 g/mol. The van der Waals surface area contributed by atoms with Crippen LogP contribution in [0.15, 0.2) is 36.4 Å². The molecule has 6 nitrogen and oxygen atoms in total. The third-order valence-corrected chi connectivity index (χ3v) is 5.19.